The number of hydrogen-bond acceptors (Lipinski definition) is 5. The highest BCUT2D eigenvalue weighted by atomic mass is 16.6. The third-order valence-electron chi connectivity index (χ3n) is 5.25. The zero-order valence-corrected chi connectivity index (χ0v) is 16.3. The molecule has 1 unspecified atom stereocenters. The Kier molecular flexibility index (Phi) is 9.47. The molecule has 1 fully saturated rings. The fourth-order valence-corrected chi connectivity index (χ4v) is 3.76. The van der Waals surface area contributed by atoms with Crippen LogP contribution in [0.2, 0.25) is 0 Å². The van der Waals surface area contributed by atoms with Crippen molar-refractivity contribution in [3.05, 3.63) is 0 Å². The molecule has 1 N–H and O–H groups in total. The molecule has 0 spiro atoms. The number of aliphatic hydroxyl groups is 1. The molecule has 25 heavy (non-hydrogen) atoms. The van der Waals surface area contributed by atoms with Gasteiger partial charge in [-0.05, 0) is 12.8 Å². The maximum atomic E-state index is 12.8. The van der Waals surface area contributed by atoms with Gasteiger partial charge in [-0.1, -0.05) is 65.2 Å². The van der Waals surface area contributed by atoms with Gasteiger partial charge in [0.2, 0.25) is 0 Å². The number of ether oxygens (including phenoxy) is 2. The van der Waals surface area contributed by atoms with Crippen LogP contribution in [0.1, 0.15) is 91.4 Å². The van der Waals surface area contributed by atoms with Gasteiger partial charge in [0, 0.05) is 13.3 Å². The largest absolute Gasteiger partial charge is 0.462 e. The predicted molar refractivity (Wildman–Crippen MR) is 97.1 cm³/mol. The van der Waals surface area contributed by atoms with E-state index in [1.165, 1.54) is 19.8 Å². The fourth-order valence-electron chi connectivity index (χ4n) is 3.76. The first-order chi connectivity index (χ1) is 11.9. The standard InChI is InChI=1S/C20H36O5/c1-4-6-8-10-12-19(13-11-9-7-5-2)14-20(15-21,25-18(19)23)16-24-17(3)22/h21H,4-16H2,1-3H3. The summed E-state index contributed by atoms with van der Waals surface area (Å²) in [5.74, 6) is -0.644. The van der Waals surface area contributed by atoms with Crippen LogP contribution in [0.5, 0.6) is 0 Å². The number of cyclic esters (lactones) is 1. The number of aliphatic hydroxyl groups excluding tert-OH is 1. The van der Waals surface area contributed by atoms with Crippen molar-refractivity contribution in [2.24, 2.45) is 5.41 Å². The van der Waals surface area contributed by atoms with Gasteiger partial charge in [0.25, 0.3) is 0 Å². The van der Waals surface area contributed by atoms with E-state index in [-0.39, 0.29) is 19.2 Å². The molecule has 0 aromatic heterocycles. The van der Waals surface area contributed by atoms with Crippen LogP contribution in [0.15, 0.2) is 0 Å². The van der Waals surface area contributed by atoms with Crippen LogP contribution in [0, 0.1) is 5.41 Å². The van der Waals surface area contributed by atoms with Gasteiger partial charge in [-0.25, -0.2) is 0 Å². The van der Waals surface area contributed by atoms with Crippen LogP contribution in [0.4, 0.5) is 0 Å². The summed E-state index contributed by atoms with van der Waals surface area (Å²) in [5.41, 5.74) is -1.61. The van der Waals surface area contributed by atoms with E-state index < -0.39 is 17.0 Å². The highest BCUT2D eigenvalue weighted by Crippen LogP contribution is 2.48. The number of unbranched alkanes of at least 4 members (excludes halogenated alkanes) is 6. The molecule has 0 bridgehead atoms. The Hall–Kier alpha value is -1.10. The van der Waals surface area contributed by atoms with E-state index in [0.29, 0.717) is 6.42 Å². The first-order valence-corrected chi connectivity index (χ1v) is 9.91. The highest BCUT2D eigenvalue weighted by molar-refractivity contribution is 5.80. The van der Waals surface area contributed by atoms with Crippen molar-refractivity contribution in [3.8, 4) is 0 Å². The van der Waals surface area contributed by atoms with Gasteiger partial charge < -0.3 is 14.6 Å². The molecule has 0 aromatic rings. The summed E-state index contributed by atoms with van der Waals surface area (Å²) in [4.78, 5) is 23.9. The molecule has 146 valence electrons. The van der Waals surface area contributed by atoms with Crippen LogP contribution in [0.25, 0.3) is 0 Å². The van der Waals surface area contributed by atoms with Crippen LogP contribution in [0.3, 0.4) is 0 Å². The maximum Gasteiger partial charge on any atom is 0.312 e. The molecule has 1 atom stereocenters. The summed E-state index contributed by atoms with van der Waals surface area (Å²) >= 11 is 0. The summed E-state index contributed by atoms with van der Waals surface area (Å²) in [6.07, 6.45) is 10.9. The molecule has 0 amide bonds. The van der Waals surface area contributed by atoms with Gasteiger partial charge in [0.1, 0.15) is 6.61 Å². The van der Waals surface area contributed by atoms with E-state index in [4.69, 9.17) is 9.47 Å². The van der Waals surface area contributed by atoms with Crippen LogP contribution in [-0.2, 0) is 19.1 Å². The third kappa shape index (κ3) is 6.61. The molecule has 0 aliphatic carbocycles. The molecule has 0 radical (unpaired) electrons. The first kappa shape index (κ1) is 21.9. The number of esters is 2. The Morgan fingerprint density at radius 2 is 1.64 bits per heavy atom. The van der Waals surface area contributed by atoms with E-state index in [1.54, 1.807) is 0 Å². The SMILES string of the molecule is CCCCCCC1(CCCCCC)CC(CO)(COC(C)=O)OC1=O. The van der Waals surface area contributed by atoms with Gasteiger partial charge >= 0.3 is 11.9 Å². The first-order valence-electron chi connectivity index (χ1n) is 9.91. The summed E-state index contributed by atoms with van der Waals surface area (Å²) in [6, 6.07) is 0. The van der Waals surface area contributed by atoms with E-state index in [2.05, 4.69) is 13.8 Å². The lowest BCUT2D eigenvalue weighted by atomic mass is 9.73. The lowest BCUT2D eigenvalue weighted by molar-refractivity contribution is -0.167. The van der Waals surface area contributed by atoms with Gasteiger partial charge in [-0.3, -0.25) is 9.59 Å². The second-order valence-electron chi connectivity index (χ2n) is 7.59. The molecule has 0 aromatic carbocycles. The van der Waals surface area contributed by atoms with Crippen LogP contribution >= 0.6 is 0 Å². The van der Waals surface area contributed by atoms with Gasteiger partial charge in [-0.2, -0.15) is 0 Å². The Labute approximate surface area is 152 Å². The van der Waals surface area contributed by atoms with Gasteiger partial charge in [0.15, 0.2) is 5.60 Å². The third-order valence-corrected chi connectivity index (χ3v) is 5.25. The number of hydrogen-bond donors (Lipinski definition) is 1. The van der Waals surface area contributed by atoms with Crippen molar-refractivity contribution in [1.29, 1.82) is 0 Å². The average Bonchev–Trinajstić information content (AvgIpc) is 2.87. The smallest absolute Gasteiger partial charge is 0.312 e. The molecule has 1 rings (SSSR count). The predicted octanol–water partition coefficient (Wildman–Crippen LogP) is 4.15. The molecule has 1 aliphatic heterocycles. The lowest BCUT2D eigenvalue weighted by Gasteiger charge is -2.28. The monoisotopic (exact) mass is 356 g/mol. The quantitative estimate of drug-likeness (QED) is 0.396. The zero-order valence-electron chi connectivity index (χ0n) is 16.3. The Morgan fingerprint density at radius 3 is 2.08 bits per heavy atom. The Morgan fingerprint density at radius 1 is 1.08 bits per heavy atom. The van der Waals surface area contributed by atoms with Crippen molar-refractivity contribution >= 4 is 11.9 Å². The molecule has 5 heteroatoms. The minimum absolute atomic E-state index is 0.0593. The topological polar surface area (TPSA) is 72.8 Å². The molecular weight excluding hydrogens is 320 g/mol. The minimum atomic E-state index is -1.07. The summed E-state index contributed by atoms with van der Waals surface area (Å²) < 4.78 is 10.7. The van der Waals surface area contributed by atoms with Crippen LogP contribution in [-0.4, -0.2) is 35.9 Å². The van der Waals surface area contributed by atoms with Gasteiger partial charge in [-0.15, -0.1) is 0 Å². The minimum Gasteiger partial charge on any atom is -0.462 e. The molecule has 1 heterocycles. The second-order valence-corrected chi connectivity index (χ2v) is 7.59. The number of carbonyl (C=O) groups excluding carboxylic acids is 2. The second kappa shape index (κ2) is 10.8. The summed E-state index contributed by atoms with van der Waals surface area (Å²) in [5, 5.41) is 9.83. The molecule has 1 saturated heterocycles. The summed E-state index contributed by atoms with van der Waals surface area (Å²) in [6.45, 7) is 5.29. The average molecular weight is 357 g/mol. The Balaban J connectivity index is 2.80. The van der Waals surface area contributed by atoms with Crippen molar-refractivity contribution in [2.75, 3.05) is 13.2 Å². The van der Waals surface area contributed by atoms with Crippen molar-refractivity contribution in [3.63, 3.8) is 0 Å². The maximum absolute atomic E-state index is 12.8. The number of carbonyl (C=O) groups is 2. The molecule has 0 saturated carbocycles. The van der Waals surface area contributed by atoms with E-state index in [0.717, 1.165) is 51.4 Å². The molecule has 1 aliphatic rings. The summed E-state index contributed by atoms with van der Waals surface area (Å²) in [7, 11) is 0. The van der Waals surface area contributed by atoms with Crippen LogP contribution < -0.4 is 0 Å². The van der Waals surface area contributed by atoms with E-state index in [9.17, 15) is 14.7 Å². The zero-order chi connectivity index (χ0) is 18.8. The fraction of sp³-hybridized carbons (Fsp3) is 0.900. The van der Waals surface area contributed by atoms with Crippen molar-refractivity contribution in [2.45, 2.75) is 97.0 Å². The van der Waals surface area contributed by atoms with Crippen molar-refractivity contribution < 1.29 is 24.2 Å². The molecule has 5 nitrogen and oxygen atoms in total. The highest BCUT2D eigenvalue weighted by Gasteiger charge is 2.56. The Bertz CT molecular complexity index is 408. The number of rotatable bonds is 13. The van der Waals surface area contributed by atoms with Crippen molar-refractivity contribution in [1.82, 2.24) is 0 Å². The van der Waals surface area contributed by atoms with E-state index >= 15 is 0 Å². The van der Waals surface area contributed by atoms with Gasteiger partial charge in [0.05, 0.1) is 12.0 Å². The molecular formula is C20H36O5. The normalized spacial score (nSPS) is 22.0. The van der Waals surface area contributed by atoms with E-state index in [1.807, 2.05) is 0 Å². The lowest BCUT2D eigenvalue weighted by Crippen LogP contribution is -2.39.